The van der Waals surface area contributed by atoms with Crippen LogP contribution in [-0.4, -0.2) is 19.2 Å². The second-order valence-electron chi connectivity index (χ2n) is 8.49. The van der Waals surface area contributed by atoms with Crippen molar-refractivity contribution in [3.8, 4) is 11.5 Å². The molecule has 33 heavy (non-hydrogen) atoms. The standard InChI is InChI=1S/C28H24N2O3/c31-28(29-25-14-15-32-26-11-4-3-10-23(25)26)20-7-5-8-21(16-20)30-17-24-22-9-2-1-6-19(22)12-13-27(24)33-18-30/h1-13,16,25H,14-15,17-18H2,(H,29,31). The van der Waals surface area contributed by atoms with Gasteiger partial charge in [0, 0.05) is 28.8 Å². The molecule has 5 heteroatoms. The maximum absolute atomic E-state index is 13.1. The zero-order valence-electron chi connectivity index (χ0n) is 18.2. The molecule has 0 saturated carbocycles. The van der Waals surface area contributed by atoms with E-state index in [4.69, 9.17) is 9.47 Å². The van der Waals surface area contributed by atoms with Crippen molar-refractivity contribution in [3.05, 3.63) is 102 Å². The number of hydrogen-bond acceptors (Lipinski definition) is 4. The summed E-state index contributed by atoms with van der Waals surface area (Å²) in [5.41, 5.74) is 3.81. The van der Waals surface area contributed by atoms with Gasteiger partial charge in [-0.05, 0) is 41.1 Å². The van der Waals surface area contributed by atoms with Crippen LogP contribution in [0.25, 0.3) is 10.8 Å². The van der Waals surface area contributed by atoms with E-state index in [-0.39, 0.29) is 11.9 Å². The smallest absolute Gasteiger partial charge is 0.251 e. The molecule has 5 nitrogen and oxygen atoms in total. The summed E-state index contributed by atoms with van der Waals surface area (Å²) in [4.78, 5) is 15.3. The molecule has 1 unspecified atom stereocenters. The summed E-state index contributed by atoms with van der Waals surface area (Å²) < 4.78 is 11.8. The molecule has 0 fully saturated rings. The number of rotatable bonds is 3. The highest BCUT2D eigenvalue weighted by Gasteiger charge is 2.24. The number of amides is 1. The Kier molecular flexibility index (Phi) is 4.87. The van der Waals surface area contributed by atoms with E-state index in [1.807, 2.05) is 54.6 Å². The van der Waals surface area contributed by atoms with Gasteiger partial charge in [-0.15, -0.1) is 0 Å². The lowest BCUT2D eigenvalue weighted by Crippen LogP contribution is -2.33. The van der Waals surface area contributed by atoms with Gasteiger partial charge in [-0.3, -0.25) is 4.79 Å². The SMILES string of the molecule is O=C(NC1CCOc2ccccc21)c1cccc(N2COc3ccc4ccccc4c3C2)c1. The number of nitrogens with zero attached hydrogens (tertiary/aromatic N) is 1. The van der Waals surface area contributed by atoms with E-state index in [9.17, 15) is 4.79 Å². The van der Waals surface area contributed by atoms with E-state index in [1.54, 1.807) is 0 Å². The molecular weight excluding hydrogens is 412 g/mol. The van der Waals surface area contributed by atoms with Crippen LogP contribution in [0.5, 0.6) is 11.5 Å². The summed E-state index contributed by atoms with van der Waals surface area (Å²) in [5, 5.41) is 5.59. The van der Waals surface area contributed by atoms with Crippen LogP contribution < -0.4 is 19.7 Å². The predicted molar refractivity (Wildman–Crippen MR) is 129 cm³/mol. The molecule has 1 N–H and O–H groups in total. The van der Waals surface area contributed by atoms with Crippen molar-refractivity contribution < 1.29 is 14.3 Å². The first kappa shape index (κ1) is 19.7. The van der Waals surface area contributed by atoms with Crippen molar-refractivity contribution in [1.29, 1.82) is 0 Å². The Labute approximate surface area is 192 Å². The predicted octanol–water partition coefficient (Wildman–Crippen LogP) is 5.45. The monoisotopic (exact) mass is 436 g/mol. The number of hydrogen-bond donors (Lipinski definition) is 1. The van der Waals surface area contributed by atoms with Crippen LogP contribution in [0.1, 0.15) is 33.9 Å². The van der Waals surface area contributed by atoms with E-state index < -0.39 is 0 Å². The molecule has 2 aliphatic rings. The Morgan fingerprint density at radius 1 is 0.879 bits per heavy atom. The Balaban J connectivity index is 1.24. The van der Waals surface area contributed by atoms with Gasteiger partial charge in [0.25, 0.3) is 5.91 Å². The van der Waals surface area contributed by atoms with E-state index >= 15 is 0 Å². The molecule has 0 spiro atoms. The molecule has 0 aromatic heterocycles. The van der Waals surface area contributed by atoms with Gasteiger partial charge in [-0.2, -0.15) is 0 Å². The lowest BCUT2D eigenvalue weighted by Gasteiger charge is -2.32. The highest BCUT2D eigenvalue weighted by Crippen LogP contribution is 2.35. The number of nitrogens with one attached hydrogen (secondary N) is 1. The number of fused-ring (bicyclic) bond motifs is 4. The van der Waals surface area contributed by atoms with Crippen molar-refractivity contribution in [2.45, 2.75) is 19.0 Å². The molecule has 0 radical (unpaired) electrons. The topological polar surface area (TPSA) is 50.8 Å². The molecular formula is C28H24N2O3. The van der Waals surface area contributed by atoms with Crippen molar-refractivity contribution >= 4 is 22.4 Å². The van der Waals surface area contributed by atoms with Crippen LogP contribution in [-0.2, 0) is 6.54 Å². The fourth-order valence-corrected chi connectivity index (χ4v) is 4.74. The largest absolute Gasteiger partial charge is 0.493 e. The lowest BCUT2D eigenvalue weighted by molar-refractivity contribution is 0.0924. The van der Waals surface area contributed by atoms with Gasteiger partial charge in [0.1, 0.15) is 11.5 Å². The minimum atomic E-state index is -0.0812. The third kappa shape index (κ3) is 3.65. The fourth-order valence-electron chi connectivity index (χ4n) is 4.74. The molecule has 1 atom stereocenters. The van der Waals surface area contributed by atoms with Crippen LogP contribution in [0.3, 0.4) is 0 Å². The normalized spacial score (nSPS) is 16.8. The Morgan fingerprint density at radius 3 is 2.73 bits per heavy atom. The van der Waals surface area contributed by atoms with Gasteiger partial charge in [0.2, 0.25) is 0 Å². The summed E-state index contributed by atoms with van der Waals surface area (Å²) in [7, 11) is 0. The van der Waals surface area contributed by atoms with Crippen LogP contribution >= 0.6 is 0 Å². The van der Waals surface area contributed by atoms with E-state index in [2.05, 4.69) is 40.5 Å². The van der Waals surface area contributed by atoms with Crippen LogP contribution in [0.2, 0.25) is 0 Å². The summed E-state index contributed by atoms with van der Waals surface area (Å²) in [5.74, 6) is 1.69. The first-order valence-electron chi connectivity index (χ1n) is 11.3. The molecule has 164 valence electrons. The van der Waals surface area contributed by atoms with Gasteiger partial charge < -0.3 is 19.7 Å². The third-order valence-electron chi connectivity index (χ3n) is 6.46. The summed E-state index contributed by atoms with van der Waals surface area (Å²) in [6, 6.07) is 28.1. The molecule has 1 amide bonds. The van der Waals surface area contributed by atoms with Crippen molar-refractivity contribution in [2.24, 2.45) is 0 Å². The minimum absolute atomic E-state index is 0.0531. The Morgan fingerprint density at radius 2 is 1.76 bits per heavy atom. The van der Waals surface area contributed by atoms with Gasteiger partial charge in [0.05, 0.1) is 19.2 Å². The number of ether oxygens (including phenoxy) is 2. The molecule has 6 rings (SSSR count). The van der Waals surface area contributed by atoms with Crippen molar-refractivity contribution in [1.82, 2.24) is 5.32 Å². The number of anilines is 1. The van der Waals surface area contributed by atoms with E-state index in [1.165, 1.54) is 16.3 Å². The van der Waals surface area contributed by atoms with Crippen LogP contribution in [0, 0.1) is 0 Å². The van der Waals surface area contributed by atoms with E-state index in [0.29, 0.717) is 18.9 Å². The highest BCUT2D eigenvalue weighted by molar-refractivity contribution is 5.95. The molecule has 0 saturated heterocycles. The number of para-hydroxylation sites is 1. The zero-order chi connectivity index (χ0) is 22.2. The fraction of sp³-hybridized carbons (Fsp3) is 0.179. The Bertz CT molecular complexity index is 1350. The average molecular weight is 437 g/mol. The molecule has 2 aliphatic heterocycles. The third-order valence-corrected chi connectivity index (χ3v) is 6.46. The van der Waals surface area contributed by atoms with Crippen LogP contribution in [0.15, 0.2) is 84.9 Å². The van der Waals surface area contributed by atoms with Gasteiger partial charge in [-0.25, -0.2) is 0 Å². The van der Waals surface area contributed by atoms with Gasteiger partial charge in [-0.1, -0.05) is 54.6 Å². The molecule has 0 aliphatic carbocycles. The molecule has 4 aromatic carbocycles. The minimum Gasteiger partial charge on any atom is -0.493 e. The summed E-state index contributed by atoms with van der Waals surface area (Å²) in [6.07, 6.45) is 0.756. The lowest BCUT2D eigenvalue weighted by atomic mass is 10.00. The first-order valence-corrected chi connectivity index (χ1v) is 11.3. The quantitative estimate of drug-likeness (QED) is 0.464. The van der Waals surface area contributed by atoms with Crippen LogP contribution in [0.4, 0.5) is 5.69 Å². The zero-order valence-corrected chi connectivity index (χ0v) is 18.2. The summed E-state index contributed by atoms with van der Waals surface area (Å²) >= 11 is 0. The molecule has 0 bridgehead atoms. The second-order valence-corrected chi connectivity index (χ2v) is 8.49. The molecule has 4 aromatic rings. The van der Waals surface area contributed by atoms with E-state index in [0.717, 1.165) is 35.7 Å². The van der Waals surface area contributed by atoms with Gasteiger partial charge in [0.15, 0.2) is 6.73 Å². The Hall–Kier alpha value is -3.99. The maximum Gasteiger partial charge on any atom is 0.251 e. The van der Waals surface area contributed by atoms with Gasteiger partial charge >= 0.3 is 0 Å². The number of benzene rings is 4. The average Bonchev–Trinajstić information content (AvgIpc) is 2.88. The highest BCUT2D eigenvalue weighted by atomic mass is 16.5. The first-order chi connectivity index (χ1) is 16.3. The number of carbonyl (C=O) groups excluding carboxylic acids is 1. The van der Waals surface area contributed by atoms with Crippen molar-refractivity contribution in [3.63, 3.8) is 0 Å². The summed E-state index contributed by atoms with van der Waals surface area (Å²) in [6.45, 7) is 1.78. The molecule has 2 heterocycles. The second kappa shape index (κ2) is 8.17. The maximum atomic E-state index is 13.1. The number of carbonyl (C=O) groups is 1. The van der Waals surface area contributed by atoms with Crippen molar-refractivity contribution in [2.75, 3.05) is 18.2 Å².